The van der Waals surface area contributed by atoms with Crippen molar-refractivity contribution in [1.29, 1.82) is 0 Å². The molecule has 0 spiro atoms. The lowest BCUT2D eigenvalue weighted by Crippen LogP contribution is -2.31. The second-order valence-electron chi connectivity index (χ2n) is 6.26. The zero-order valence-electron chi connectivity index (χ0n) is 15.0. The summed E-state index contributed by atoms with van der Waals surface area (Å²) in [5.74, 6) is 1.63. The van der Waals surface area contributed by atoms with Crippen molar-refractivity contribution in [3.8, 4) is 11.7 Å². The lowest BCUT2D eigenvalue weighted by atomic mass is 10.2. The van der Waals surface area contributed by atoms with Crippen LogP contribution in [0.3, 0.4) is 0 Å². The standard InChI is InChI=1S/C19H19N3O5/c1-12-20-21-18(25-12)15-10-14(24-2)11-22(15)19(23)16-8-9-17(27-16)26-13-6-4-3-5-7-13/h3-9,14-15H,10-11H2,1-2H3/t14-,15+/m0/s1. The summed E-state index contributed by atoms with van der Waals surface area (Å²) in [5.41, 5.74) is 0. The fraction of sp³-hybridized carbons (Fsp3) is 0.316. The molecular weight excluding hydrogens is 350 g/mol. The number of rotatable bonds is 5. The van der Waals surface area contributed by atoms with Gasteiger partial charge in [-0.1, -0.05) is 18.2 Å². The molecule has 1 saturated heterocycles. The zero-order valence-corrected chi connectivity index (χ0v) is 15.0. The van der Waals surface area contributed by atoms with Crippen LogP contribution >= 0.6 is 0 Å². The largest absolute Gasteiger partial charge is 0.426 e. The number of amides is 1. The molecule has 1 amide bonds. The van der Waals surface area contributed by atoms with E-state index in [-0.39, 0.29) is 29.8 Å². The van der Waals surface area contributed by atoms with Gasteiger partial charge in [0.15, 0.2) is 5.76 Å². The van der Waals surface area contributed by atoms with Crippen LogP contribution in [-0.4, -0.2) is 40.8 Å². The molecule has 0 radical (unpaired) electrons. The van der Waals surface area contributed by atoms with Crippen LogP contribution in [0.1, 0.15) is 34.8 Å². The molecule has 8 nitrogen and oxygen atoms in total. The molecule has 0 saturated carbocycles. The fourth-order valence-corrected chi connectivity index (χ4v) is 3.11. The normalized spacial score (nSPS) is 19.4. The van der Waals surface area contributed by atoms with E-state index in [0.717, 1.165) is 0 Å². The van der Waals surface area contributed by atoms with E-state index in [1.807, 2.05) is 30.3 Å². The average molecular weight is 369 g/mol. The highest BCUT2D eigenvalue weighted by atomic mass is 16.6. The molecule has 8 heteroatoms. The highest BCUT2D eigenvalue weighted by Crippen LogP contribution is 2.34. The van der Waals surface area contributed by atoms with Gasteiger partial charge >= 0.3 is 0 Å². The number of aromatic nitrogens is 2. The van der Waals surface area contributed by atoms with Crippen molar-refractivity contribution in [2.24, 2.45) is 0 Å². The third-order valence-corrected chi connectivity index (χ3v) is 4.44. The predicted octanol–water partition coefficient (Wildman–Crippen LogP) is 3.37. The lowest BCUT2D eigenvalue weighted by molar-refractivity contribution is 0.0639. The molecule has 2 atom stereocenters. The number of methoxy groups -OCH3 is 1. The number of likely N-dealkylation sites (tertiary alicyclic amines) is 1. The number of benzene rings is 1. The van der Waals surface area contributed by atoms with Crippen LogP contribution in [0.4, 0.5) is 0 Å². The Balaban J connectivity index is 1.54. The molecule has 4 rings (SSSR count). The molecule has 1 aliphatic heterocycles. The Labute approximate surface area is 155 Å². The van der Waals surface area contributed by atoms with Crippen LogP contribution in [-0.2, 0) is 4.74 Å². The summed E-state index contributed by atoms with van der Waals surface area (Å²) in [6.45, 7) is 2.13. The van der Waals surface area contributed by atoms with Crippen molar-refractivity contribution in [3.63, 3.8) is 0 Å². The van der Waals surface area contributed by atoms with Gasteiger partial charge in [0.05, 0.1) is 6.10 Å². The van der Waals surface area contributed by atoms with Gasteiger partial charge in [0, 0.05) is 33.1 Å². The van der Waals surface area contributed by atoms with Crippen LogP contribution in [0.25, 0.3) is 0 Å². The first-order chi connectivity index (χ1) is 13.1. The minimum absolute atomic E-state index is 0.110. The van der Waals surface area contributed by atoms with Gasteiger partial charge in [-0.3, -0.25) is 4.79 Å². The Morgan fingerprint density at radius 3 is 2.67 bits per heavy atom. The minimum atomic E-state index is -0.354. The van der Waals surface area contributed by atoms with E-state index >= 15 is 0 Å². The molecule has 0 aliphatic carbocycles. The first kappa shape index (κ1) is 17.3. The van der Waals surface area contributed by atoms with Gasteiger partial charge in [-0.15, -0.1) is 10.2 Å². The van der Waals surface area contributed by atoms with Gasteiger partial charge in [0.25, 0.3) is 11.9 Å². The van der Waals surface area contributed by atoms with E-state index in [4.69, 9.17) is 18.3 Å². The van der Waals surface area contributed by atoms with Crippen LogP contribution in [0.5, 0.6) is 11.7 Å². The van der Waals surface area contributed by atoms with E-state index in [1.165, 1.54) is 0 Å². The van der Waals surface area contributed by atoms with Crippen LogP contribution in [0.15, 0.2) is 51.3 Å². The molecule has 140 valence electrons. The summed E-state index contributed by atoms with van der Waals surface area (Å²) in [6.07, 6.45) is 0.471. The Bertz CT molecular complexity index is 920. The summed E-state index contributed by atoms with van der Waals surface area (Å²) >= 11 is 0. The number of carbonyl (C=O) groups excluding carboxylic acids is 1. The molecule has 3 aromatic rings. The molecule has 2 aromatic heterocycles. The molecule has 0 N–H and O–H groups in total. The zero-order chi connectivity index (χ0) is 18.8. The highest BCUT2D eigenvalue weighted by Gasteiger charge is 2.40. The van der Waals surface area contributed by atoms with Crippen molar-refractivity contribution in [3.05, 3.63) is 60.0 Å². The van der Waals surface area contributed by atoms with Crippen LogP contribution < -0.4 is 4.74 Å². The van der Waals surface area contributed by atoms with Gasteiger partial charge in [-0.25, -0.2) is 0 Å². The van der Waals surface area contributed by atoms with Crippen molar-refractivity contribution in [2.75, 3.05) is 13.7 Å². The Morgan fingerprint density at radius 2 is 1.96 bits per heavy atom. The van der Waals surface area contributed by atoms with Gasteiger partial charge < -0.3 is 23.2 Å². The summed E-state index contributed by atoms with van der Waals surface area (Å²) < 4.78 is 22.2. The van der Waals surface area contributed by atoms with Crippen molar-refractivity contribution in [1.82, 2.24) is 15.1 Å². The maximum absolute atomic E-state index is 13.0. The van der Waals surface area contributed by atoms with Gasteiger partial charge in [0.1, 0.15) is 11.8 Å². The van der Waals surface area contributed by atoms with Crippen LogP contribution in [0, 0.1) is 6.92 Å². The highest BCUT2D eigenvalue weighted by molar-refractivity contribution is 5.92. The number of ether oxygens (including phenoxy) is 2. The third kappa shape index (κ3) is 3.56. The molecule has 1 aromatic carbocycles. The molecule has 1 fully saturated rings. The molecule has 0 bridgehead atoms. The summed E-state index contributed by atoms with van der Waals surface area (Å²) in [6, 6.07) is 12.1. The maximum Gasteiger partial charge on any atom is 0.290 e. The quantitative estimate of drug-likeness (QED) is 0.681. The lowest BCUT2D eigenvalue weighted by Gasteiger charge is -2.20. The van der Waals surface area contributed by atoms with Gasteiger partial charge in [-0.05, 0) is 18.2 Å². The maximum atomic E-state index is 13.0. The number of furan rings is 1. The van der Waals surface area contributed by atoms with Gasteiger partial charge in [0.2, 0.25) is 11.8 Å². The number of hydrogen-bond donors (Lipinski definition) is 0. The van der Waals surface area contributed by atoms with Crippen molar-refractivity contribution < 1.29 is 23.1 Å². The number of hydrogen-bond acceptors (Lipinski definition) is 7. The molecule has 1 aliphatic rings. The Hall–Kier alpha value is -3.13. The molecule has 0 unspecified atom stereocenters. The predicted molar refractivity (Wildman–Crippen MR) is 93.5 cm³/mol. The first-order valence-electron chi connectivity index (χ1n) is 8.60. The number of nitrogens with zero attached hydrogens (tertiary/aromatic N) is 3. The molecular formula is C19H19N3O5. The molecule has 3 heterocycles. The second-order valence-corrected chi connectivity index (χ2v) is 6.26. The Morgan fingerprint density at radius 1 is 1.15 bits per heavy atom. The average Bonchev–Trinajstić information content (AvgIpc) is 3.41. The van der Waals surface area contributed by atoms with E-state index in [1.54, 1.807) is 31.1 Å². The van der Waals surface area contributed by atoms with Crippen molar-refractivity contribution in [2.45, 2.75) is 25.5 Å². The topological polar surface area (TPSA) is 90.8 Å². The first-order valence-corrected chi connectivity index (χ1v) is 8.60. The SMILES string of the molecule is CO[C@H]1C[C@H](c2nnc(C)o2)N(C(=O)c2ccc(Oc3ccccc3)o2)C1. The minimum Gasteiger partial charge on any atom is -0.426 e. The fourth-order valence-electron chi connectivity index (χ4n) is 3.11. The second kappa shape index (κ2) is 7.24. The summed E-state index contributed by atoms with van der Waals surface area (Å²) in [4.78, 5) is 14.6. The van der Waals surface area contributed by atoms with E-state index in [9.17, 15) is 4.79 Å². The Kier molecular flexibility index (Phi) is 4.64. The van der Waals surface area contributed by atoms with E-state index in [0.29, 0.717) is 30.5 Å². The summed E-state index contributed by atoms with van der Waals surface area (Å²) in [5, 5.41) is 7.92. The van der Waals surface area contributed by atoms with E-state index in [2.05, 4.69) is 10.2 Å². The van der Waals surface area contributed by atoms with Crippen molar-refractivity contribution >= 4 is 5.91 Å². The number of aryl methyl sites for hydroxylation is 1. The summed E-state index contributed by atoms with van der Waals surface area (Å²) in [7, 11) is 1.62. The number of carbonyl (C=O) groups is 1. The van der Waals surface area contributed by atoms with Gasteiger partial charge in [-0.2, -0.15) is 0 Å². The van der Waals surface area contributed by atoms with Crippen LogP contribution in [0.2, 0.25) is 0 Å². The van der Waals surface area contributed by atoms with E-state index < -0.39 is 0 Å². The number of para-hydroxylation sites is 1. The monoisotopic (exact) mass is 369 g/mol. The molecule has 27 heavy (non-hydrogen) atoms. The third-order valence-electron chi connectivity index (χ3n) is 4.44. The smallest absolute Gasteiger partial charge is 0.290 e.